The summed E-state index contributed by atoms with van der Waals surface area (Å²) in [5.41, 5.74) is 6.35. The molecule has 3 heteroatoms. The van der Waals surface area contributed by atoms with Crippen LogP contribution in [0.1, 0.15) is 25.7 Å². The molecule has 2 aliphatic rings. The fourth-order valence-corrected chi connectivity index (χ4v) is 3.59. The molecule has 3 nitrogen and oxygen atoms in total. The van der Waals surface area contributed by atoms with Gasteiger partial charge in [0.1, 0.15) is 0 Å². The first-order valence-electron chi connectivity index (χ1n) is 7.22. The lowest BCUT2D eigenvalue weighted by atomic mass is 9.80. The molecule has 0 aromatic heterocycles. The molecule has 0 aliphatic heterocycles. The summed E-state index contributed by atoms with van der Waals surface area (Å²) in [6.45, 7) is 1.53. The second kappa shape index (κ2) is 5.04. The van der Waals surface area contributed by atoms with Gasteiger partial charge in [-0.25, -0.2) is 0 Å². The lowest BCUT2D eigenvalue weighted by molar-refractivity contribution is 0.185. The van der Waals surface area contributed by atoms with Crippen LogP contribution in [-0.4, -0.2) is 20.3 Å². The zero-order chi connectivity index (χ0) is 13.3. The number of nitrogens with two attached hydrogens (primary N) is 1. The molecule has 2 saturated carbocycles. The summed E-state index contributed by atoms with van der Waals surface area (Å²) in [5.74, 6) is 3.57. The molecule has 0 amide bonds. The molecule has 0 bridgehead atoms. The lowest BCUT2D eigenvalue weighted by Crippen LogP contribution is -2.31. The number of benzene rings is 1. The molecule has 0 saturated heterocycles. The van der Waals surface area contributed by atoms with Crippen molar-refractivity contribution in [3.05, 3.63) is 24.3 Å². The molecule has 2 atom stereocenters. The largest absolute Gasteiger partial charge is 0.493 e. The first-order valence-corrected chi connectivity index (χ1v) is 7.22. The van der Waals surface area contributed by atoms with E-state index in [1.807, 2.05) is 24.3 Å². The van der Waals surface area contributed by atoms with Crippen molar-refractivity contribution in [2.24, 2.45) is 23.0 Å². The number of para-hydroxylation sites is 2. The van der Waals surface area contributed by atoms with E-state index in [1.54, 1.807) is 7.11 Å². The Hall–Kier alpha value is -1.22. The molecule has 2 fully saturated rings. The van der Waals surface area contributed by atoms with Crippen molar-refractivity contribution in [3.8, 4) is 11.5 Å². The maximum atomic E-state index is 6.01. The molecule has 0 spiro atoms. The minimum Gasteiger partial charge on any atom is -0.493 e. The van der Waals surface area contributed by atoms with Crippen LogP contribution in [-0.2, 0) is 0 Å². The number of methoxy groups -OCH3 is 1. The standard InChI is InChI=1S/C16H23NO2/c1-18-14-4-2-3-5-15(14)19-7-6-16(11-17)9-12-8-13(12)10-16/h2-5,12-13H,6-11,17H2,1H3. The molecule has 2 unspecified atom stereocenters. The Morgan fingerprint density at radius 3 is 2.53 bits per heavy atom. The molecule has 2 N–H and O–H groups in total. The molecule has 1 aromatic carbocycles. The molecule has 1 aromatic rings. The Morgan fingerprint density at radius 2 is 1.89 bits per heavy atom. The third-order valence-corrected chi connectivity index (χ3v) is 4.85. The number of hydrogen-bond acceptors (Lipinski definition) is 3. The van der Waals surface area contributed by atoms with E-state index in [4.69, 9.17) is 15.2 Å². The van der Waals surface area contributed by atoms with Gasteiger partial charge in [-0.2, -0.15) is 0 Å². The monoisotopic (exact) mass is 261 g/mol. The van der Waals surface area contributed by atoms with Crippen LogP contribution < -0.4 is 15.2 Å². The predicted octanol–water partition coefficient (Wildman–Crippen LogP) is 2.84. The van der Waals surface area contributed by atoms with E-state index in [2.05, 4.69) is 0 Å². The smallest absolute Gasteiger partial charge is 0.161 e. The van der Waals surface area contributed by atoms with Crippen molar-refractivity contribution < 1.29 is 9.47 Å². The highest BCUT2D eigenvalue weighted by atomic mass is 16.5. The number of fused-ring (bicyclic) bond motifs is 1. The Labute approximate surface area is 115 Å². The van der Waals surface area contributed by atoms with Crippen LogP contribution in [0.3, 0.4) is 0 Å². The van der Waals surface area contributed by atoms with Crippen LogP contribution >= 0.6 is 0 Å². The van der Waals surface area contributed by atoms with E-state index in [-0.39, 0.29) is 0 Å². The van der Waals surface area contributed by atoms with Gasteiger partial charge in [-0.3, -0.25) is 0 Å². The summed E-state index contributed by atoms with van der Waals surface area (Å²) in [4.78, 5) is 0. The quantitative estimate of drug-likeness (QED) is 0.856. The zero-order valence-electron chi connectivity index (χ0n) is 11.6. The van der Waals surface area contributed by atoms with Crippen LogP contribution in [0.5, 0.6) is 11.5 Å². The van der Waals surface area contributed by atoms with E-state index in [0.717, 1.165) is 42.9 Å². The Bertz CT molecular complexity index is 436. The van der Waals surface area contributed by atoms with E-state index >= 15 is 0 Å². The third-order valence-electron chi connectivity index (χ3n) is 4.85. The van der Waals surface area contributed by atoms with Crippen LogP contribution in [0.25, 0.3) is 0 Å². The van der Waals surface area contributed by atoms with Gasteiger partial charge < -0.3 is 15.2 Å². The summed E-state index contributed by atoms with van der Waals surface area (Å²) in [6, 6.07) is 7.82. The van der Waals surface area contributed by atoms with Gasteiger partial charge in [-0.05, 0) is 61.6 Å². The van der Waals surface area contributed by atoms with Crippen molar-refractivity contribution in [3.63, 3.8) is 0 Å². The van der Waals surface area contributed by atoms with Gasteiger partial charge in [0.15, 0.2) is 11.5 Å². The highest BCUT2D eigenvalue weighted by Crippen LogP contribution is 2.60. The number of hydrogen-bond donors (Lipinski definition) is 1. The Balaban J connectivity index is 1.55. The average Bonchev–Trinajstić information content (AvgIpc) is 3.07. The van der Waals surface area contributed by atoms with E-state index < -0.39 is 0 Å². The van der Waals surface area contributed by atoms with Gasteiger partial charge in [-0.15, -0.1) is 0 Å². The molecule has 19 heavy (non-hydrogen) atoms. The highest BCUT2D eigenvalue weighted by Gasteiger charge is 2.52. The summed E-state index contributed by atoms with van der Waals surface area (Å²) in [6.07, 6.45) is 5.12. The molecule has 0 heterocycles. The van der Waals surface area contributed by atoms with Gasteiger partial charge >= 0.3 is 0 Å². The summed E-state index contributed by atoms with van der Waals surface area (Å²) >= 11 is 0. The van der Waals surface area contributed by atoms with E-state index in [9.17, 15) is 0 Å². The minimum atomic E-state index is 0.343. The molecule has 3 rings (SSSR count). The minimum absolute atomic E-state index is 0.343. The van der Waals surface area contributed by atoms with Crippen molar-refractivity contribution in [2.45, 2.75) is 25.7 Å². The topological polar surface area (TPSA) is 44.5 Å². The highest BCUT2D eigenvalue weighted by molar-refractivity contribution is 5.39. The summed E-state index contributed by atoms with van der Waals surface area (Å²) in [7, 11) is 1.67. The van der Waals surface area contributed by atoms with Crippen molar-refractivity contribution in [1.29, 1.82) is 0 Å². The maximum Gasteiger partial charge on any atom is 0.161 e. The zero-order valence-corrected chi connectivity index (χ0v) is 11.6. The molecule has 0 radical (unpaired) electrons. The van der Waals surface area contributed by atoms with Crippen molar-refractivity contribution >= 4 is 0 Å². The Morgan fingerprint density at radius 1 is 1.21 bits per heavy atom. The maximum absolute atomic E-state index is 6.01. The first-order chi connectivity index (χ1) is 9.26. The van der Waals surface area contributed by atoms with E-state index in [1.165, 1.54) is 19.3 Å². The van der Waals surface area contributed by atoms with Crippen molar-refractivity contribution in [1.82, 2.24) is 0 Å². The normalized spacial score (nSPS) is 31.9. The van der Waals surface area contributed by atoms with Crippen LogP contribution in [0, 0.1) is 17.3 Å². The molecule has 104 valence electrons. The Kier molecular flexibility index (Phi) is 3.40. The van der Waals surface area contributed by atoms with Gasteiger partial charge in [0.05, 0.1) is 13.7 Å². The fourth-order valence-electron chi connectivity index (χ4n) is 3.59. The predicted molar refractivity (Wildman–Crippen MR) is 75.4 cm³/mol. The SMILES string of the molecule is COc1ccccc1OCCC1(CN)CC2CC2C1. The van der Waals surface area contributed by atoms with Gasteiger partial charge in [0.2, 0.25) is 0 Å². The molecular weight excluding hydrogens is 238 g/mol. The lowest BCUT2D eigenvalue weighted by Gasteiger charge is -2.29. The van der Waals surface area contributed by atoms with Gasteiger partial charge in [0.25, 0.3) is 0 Å². The van der Waals surface area contributed by atoms with Crippen LogP contribution in [0.4, 0.5) is 0 Å². The second-order valence-corrected chi connectivity index (χ2v) is 6.12. The van der Waals surface area contributed by atoms with Crippen molar-refractivity contribution in [2.75, 3.05) is 20.3 Å². The van der Waals surface area contributed by atoms with Gasteiger partial charge in [0, 0.05) is 0 Å². The third kappa shape index (κ3) is 2.57. The number of rotatable bonds is 6. The van der Waals surface area contributed by atoms with Crippen LogP contribution in [0.2, 0.25) is 0 Å². The summed E-state index contributed by atoms with van der Waals surface area (Å²) < 4.78 is 11.2. The number of ether oxygens (including phenoxy) is 2. The average molecular weight is 261 g/mol. The van der Waals surface area contributed by atoms with Crippen LogP contribution in [0.15, 0.2) is 24.3 Å². The summed E-state index contributed by atoms with van der Waals surface area (Å²) in [5, 5.41) is 0. The second-order valence-electron chi connectivity index (χ2n) is 6.12. The fraction of sp³-hybridized carbons (Fsp3) is 0.625. The van der Waals surface area contributed by atoms with E-state index in [0.29, 0.717) is 5.41 Å². The molecular formula is C16H23NO2. The van der Waals surface area contributed by atoms with Gasteiger partial charge in [-0.1, -0.05) is 12.1 Å². The first kappa shape index (κ1) is 12.8. The molecule has 2 aliphatic carbocycles.